The number of benzene rings is 1. The molecule has 78 valence electrons. The average Bonchev–Trinajstić information content (AvgIpc) is 2.02. The van der Waals surface area contributed by atoms with Crippen LogP contribution in [0.5, 0.6) is 0 Å². The Morgan fingerprint density at radius 2 is 1.71 bits per heavy atom. The van der Waals surface area contributed by atoms with E-state index in [1.54, 1.807) is 0 Å². The number of alkyl halides is 1. The van der Waals surface area contributed by atoms with Gasteiger partial charge in [-0.1, -0.05) is 23.7 Å². The van der Waals surface area contributed by atoms with Gasteiger partial charge in [-0.3, -0.25) is 4.48 Å². The molecule has 1 unspecified atom stereocenters. The van der Waals surface area contributed by atoms with E-state index in [4.69, 9.17) is 16.7 Å². The van der Waals surface area contributed by atoms with Crippen molar-refractivity contribution in [2.45, 2.75) is 12.0 Å². The van der Waals surface area contributed by atoms with Gasteiger partial charge in [-0.2, -0.15) is 0 Å². The van der Waals surface area contributed by atoms with E-state index >= 15 is 0 Å². The fourth-order valence-electron chi connectivity index (χ4n) is 1.27. The van der Waals surface area contributed by atoms with Crippen molar-refractivity contribution in [2.24, 2.45) is 0 Å². The van der Waals surface area contributed by atoms with Gasteiger partial charge in [-0.05, 0) is 17.7 Å². The summed E-state index contributed by atoms with van der Waals surface area (Å²) in [6.45, 7) is 0. The first-order valence-electron chi connectivity index (χ1n) is 4.62. The second-order valence-corrected chi connectivity index (χ2v) is 4.82. The summed E-state index contributed by atoms with van der Waals surface area (Å²) in [6.07, 6.45) is 0.499. The lowest BCUT2D eigenvalue weighted by atomic mass is 10.1. The Bertz CT molecular complexity index is 287. The van der Waals surface area contributed by atoms with E-state index in [0.29, 0.717) is 6.42 Å². The van der Waals surface area contributed by atoms with E-state index in [2.05, 4.69) is 33.3 Å². The van der Waals surface area contributed by atoms with E-state index in [1.807, 2.05) is 12.1 Å². The van der Waals surface area contributed by atoms with Gasteiger partial charge in [0.2, 0.25) is 0 Å². The highest BCUT2D eigenvalue weighted by Gasteiger charge is 2.11. The van der Waals surface area contributed by atoms with Crippen molar-refractivity contribution in [1.29, 1.82) is 0 Å². The largest absolute Gasteiger partial charge is 0.377 e. The highest BCUT2D eigenvalue weighted by molar-refractivity contribution is 6.19. The topological polar surface area (TPSA) is 20.2 Å². The summed E-state index contributed by atoms with van der Waals surface area (Å²) in [4.78, 5) is 0. The summed E-state index contributed by atoms with van der Waals surface area (Å²) in [7, 11) is 6.35. The summed E-state index contributed by atoms with van der Waals surface area (Å²) >= 11 is 5.49. The number of halogens is 1. The Labute approximate surface area is 90.3 Å². The molecule has 1 aromatic carbocycles. The van der Waals surface area contributed by atoms with Crippen molar-refractivity contribution >= 4 is 17.3 Å². The minimum absolute atomic E-state index is 0.499. The molecule has 0 fully saturated rings. The molecule has 1 N–H and O–H groups in total. The molecule has 0 amide bonds. The van der Waals surface area contributed by atoms with Crippen LogP contribution in [-0.2, 0) is 6.42 Å². The van der Waals surface area contributed by atoms with E-state index in [1.165, 1.54) is 5.69 Å². The molecule has 0 radical (unpaired) electrons. The number of aliphatic hydroxyl groups excluding tert-OH is 1. The van der Waals surface area contributed by atoms with Crippen molar-refractivity contribution in [2.75, 3.05) is 21.1 Å². The number of hydrogen-bond donors (Lipinski definition) is 1. The van der Waals surface area contributed by atoms with Crippen LogP contribution in [0.2, 0.25) is 0 Å². The van der Waals surface area contributed by atoms with Crippen molar-refractivity contribution in [3.8, 4) is 0 Å². The third-order valence-electron chi connectivity index (χ3n) is 2.12. The van der Waals surface area contributed by atoms with Gasteiger partial charge in [0.15, 0.2) is 0 Å². The molecule has 0 heterocycles. The second-order valence-electron chi connectivity index (χ2n) is 4.32. The summed E-state index contributed by atoms with van der Waals surface area (Å²) in [6, 6.07) is 8.14. The number of quaternary nitrogens is 1. The molecule has 0 aliphatic carbocycles. The highest BCUT2D eigenvalue weighted by Crippen LogP contribution is 2.18. The van der Waals surface area contributed by atoms with Gasteiger partial charge in [0.1, 0.15) is 11.3 Å². The molecule has 0 aliphatic rings. The minimum atomic E-state index is -0.787. The lowest BCUT2D eigenvalue weighted by Crippen LogP contribution is -2.34. The molecule has 0 aliphatic heterocycles. The zero-order chi connectivity index (χ0) is 10.8. The highest BCUT2D eigenvalue weighted by atomic mass is 35.5. The predicted octanol–water partition coefficient (Wildman–Crippen LogP) is 1.98. The lowest BCUT2D eigenvalue weighted by molar-refractivity contribution is 0.257. The van der Waals surface area contributed by atoms with Crippen LogP contribution < -0.4 is 4.48 Å². The van der Waals surface area contributed by atoms with Crippen molar-refractivity contribution in [3.63, 3.8) is 0 Å². The van der Waals surface area contributed by atoms with Crippen LogP contribution in [0.3, 0.4) is 0 Å². The molecule has 1 aromatic rings. The molecular weight excluding hydrogens is 198 g/mol. The van der Waals surface area contributed by atoms with Crippen LogP contribution in [0.15, 0.2) is 24.3 Å². The van der Waals surface area contributed by atoms with E-state index in [0.717, 1.165) is 10.0 Å². The first-order valence-corrected chi connectivity index (χ1v) is 5.06. The summed E-state index contributed by atoms with van der Waals surface area (Å²) in [5.74, 6) is 0. The number of nitrogens with zero attached hydrogens (tertiary/aromatic N) is 1. The third-order valence-corrected chi connectivity index (χ3v) is 2.27. The molecule has 1 rings (SSSR count). The Kier molecular flexibility index (Phi) is 3.53. The molecular formula is C11H17ClNO+. The van der Waals surface area contributed by atoms with Gasteiger partial charge in [-0.15, -0.1) is 0 Å². The molecule has 14 heavy (non-hydrogen) atoms. The van der Waals surface area contributed by atoms with Crippen molar-refractivity contribution in [1.82, 2.24) is 4.48 Å². The van der Waals surface area contributed by atoms with Gasteiger partial charge in [0.05, 0.1) is 21.1 Å². The van der Waals surface area contributed by atoms with Crippen LogP contribution in [0.4, 0.5) is 5.69 Å². The molecule has 3 heteroatoms. The molecule has 0 aromatic heterocycles. The zero-order valence-corrected chi connectivity index (χ0v) is 9.62. The van der Waals surface area contributed by atoms with Crippen LogP contribution in [0, 0.1) is 0 Å². The van der Waals surface area contributed by atoms with Crippen molar-refractivity contribution in [3.05, 3.63) is 29.8 Å². The monoisotopic (exact) mass is 214 g/mol. The average molecular weight is 215 g/mol. The zero-order valence-electron chi connectivity index (χ0n) is 8.87. The Hall–Kier alpha value is -0.570. The number of aliphatic hydroxyl groups is 1. The predicted molar refractivity (Wildman–Crippen MR) is 61.6 cm³/mol. The van der Waals surface area contributed by atoms with Gasteiger partial charge in [0, 0.05) is 6.42 Å². The molecule has 0 bridgehead atoms. The maximum Gasteiger partial charge on any atom is 0.132 e. The van der Waals surface area contributed by atoms with Crippen LogP contribution >= 0.6 is 11.6 Å². The molecule has 1 atom stereocenters. The van der Waals surface area contributed by atoms with Gasteiger partial charge in [-0.25, -0.2) is 0 Å². The van der Waals surface area contributed by atoms with E-state index in [-0.39, 0.29) is 0 Å². The SMILES string of the molecule is C[N+](C)(C)c1ccc(CC(O)Cl)cc1. The van der Waals surface area contributed by atoms with E-state index in [9.17, 15) is 0 Å². The maximum atomic E-state index is 9.00. The summed E-state index contributed by atoms with van der Waals surface area (Å²) in [5, 5.41) is 9.00. The molecule has 0 spiro atoms. The molecule has 0 saturated heterocycles. The second kappa shape index (κ2) is 4.30. The maximum absolute atomic E-state index is 9.00. The summed E-state index contributed by atoms with van der Waals surface area (Å²) < 4.78 is 0.795. The van der Waals surface area contributed by atoms with Crippen LogP contribution in [-0.4, -0.2) is 31.8 Å². The van der Waals surface area contributed by atoms with Gasteiger partial charge in [0.25, 0.3) is 0 Å². The third kappa shape index (κ3) is 3.29. The minimum Gasteiger partial charge on any atom is -0.377 e. The normalized spacial score (nSPS) is 14.1. The number of rotatable bonds is 3. The van der Waals surface area contributed by atoms with Crippen LogP contribution in [0.25, 0.3) is 0 Å². The Morgan fingerprint density at radius 3 is 2.07 bits per heavy atom. The lowest BCUT2D eigenvalue weighted by Gasteiger charge is -2.23. The van der Waals surface area contributed by atoms with E-state index < -0.39 is 5.56 Å². The Morgan fingerprint density at radius 1 is 1.21 bits per heavy atom. The fraction of sp³-hybridized carbons (Fsp3) is 0.455. The van der Waals surface area contributed by atoms with Gasteiger partial charge < -0.3 is 5.11 Å². The van der Waals surface area contributed by atoms with Gasteiger partial charge >= 0.3 is 0 Å². The first kappa shape index (κ1) is 11.5. The van der Waals surface area contributed by atoms with Crippen molar-refractivity contribution < 1.29 is 5.11 Å². The summed E-state index contributed by atoms with van der Waals surface area (Å²) in [5.41, 5.74) is 1.51. The quantitative estimate of drug-likeness (QED) is 0.603. The molecule has 0 saturated carbocycles. The first-order chi connectivity index (χ1) is 6.39. The fourth-order valence-corrected chi connectivity index (χ4v) is 1.45. The molecule has 2 nitrogen and oxygen atoms in total. The smallest absolute Gasteiger partial charge is 0.132 e. The number of hydrogen-bond acceptors (Lipinski definition) is 1. The Balaban J connectivity index is 2.79. The standard InChI is InChI=1S/C11H17ClNO/c1-13(2,3)10-6-4-9(5-7-10)8-11(12)14/h4-7,11,14H,8H2,1-3H3/q+1. The van der Waals surface area contributed by atoms with Crippen LogP contribution in [0.1, 0.15) is 5.56 Å².